The molecule has 3 rings (SSSR count). The lowest BCUT2D eigenvalue weighted by Crippen LogP contribution is -2.65. The molecule has 0 saturated carbocycles. The van der Waals surface area contributed by atoms with Crippen molar-refractivity contribution in [2.75, 3.05) is 0 Å². The number of nitrogens with zero attached hydrogens (tertiary/aromatic N) is 4. The van der Waals surface area contributed by atoms with Crippen LogP contribution in [0.25, 0.3) is 11.3 Å². The molecule has 12 heteroatoms. The first kappa shape index (κ1) is 22.7. The number of aromatic nitrogens is 4. The summed E-state index contributed by atoms with van der Waals surface area (Å²) in [7, 11) is 18.8. The number of nitrogens with one attached hydrogen (secondary N) is 2. The van der Waals surface area contributed by atoms with Crippen LogP contribution < -0.4 is 5.32 Å². The van der Waals surface area contributed by atoms with Crippen molar-refractivity contribution in [2.24, 2.45) is 0 Å². The summed E-state index contributed by atoms with van der Waals surface area (Å²) in [5, 5.41) is 30.3. The number of halogens is 1. The number of carbonyl (C=O) groups excluding carboxylic acids is 1. The van der Waals surface area contributed by atoms with Crippen LogP contribution in [0.4, 0.5) is 0 Å². The number of aliphatic hydroxyl groups is 1. The number of amides is 1. The van der Waals surface area contributed by atoms with E-state index in [1.165, 1.54) is 30.8 Å². The summed E-state index contributed by atoms with van der Waals surface area (Å²) in [6, 6.07) is 9.89. The molecule has 0 fully saturated rings. The van der Waals surface area contributed by atoms with Gasteiger partial charge in [0.25, 0.3) is 5.91 Å². The molecule has 6 radical (unpaired) electrons. The highest BCUT2D eigenvalue weighted by Gasteiger charge is 2.39. The zero-order valence-corrected chi connectivity index (χ0v) is 17.6. The molecule has 8 nitrogen and oxygen atoms in total. The largest absolute Gasteiger partial charge is 0.387 e. The van der Waals surface area contributed by atoms with Crippen LogP contribution in [0.5, 0.6) is 0 Å². The average molecular weight is 428 g/mol. The molecular formula is C19H16B3ClN6O2. The van der Waals surface area contributed by atoms with Gasteiger partial charge in [-0.1, -0.05) is 17.7 Å². The quantitative estimate of drug-likeness (QED) is 0.509. The van der Waals surface area contributed by atoms with Gasteiger partial charge in [-0.05, 0) is 43.5 Å². The molecular weight excluding hydrogens is 412 g/mol. The van der Waals surface area contributed by atoms with Gasteiger partial charge in [0.05, 0.1) is 43.8 Å². The standard InChI is InChI=1S/C19H16B3ClN6O2/c1-10(30)15-8-16(27-26-15)17(31)25-18(2,20)19(21,22)29-6-5-14(28-29)11-3-4-12(9-24)13(23)7-11/h3-8,10,30H,1-2H3,(H,25,31)(H,26,27). The van der Waals surface area contributed by atoms with E-state index in [4.69, 9.17) is 40.4 Å². The molecule has 150 valence electrons. The van der Waals surface area contributed by atoms with Crippen LogP contribution in [0.2, 0.25) is 5.02 Å². The number of nitriles is 1. The molecule has 0 aliphatic carbocycles. The zero-order valence-electron chi connectivity index (χ0n) is 16.8. The van der Waals surface area contributed by atoms with E-state index in [0.29, 0.717) is 22.5 Å². The lowest BCUT2D eigenvalue weighted by Gasteiger charge is -2.44. The van der Waals surface area contributed by atoms with Crippen molar-refractivity contribution < 1.29 is 9.90 Å². The van der Waals surface area contributed by atoms with E-state index in [1.807, 2.05) is 6.07 Å². The summed E-state index contributed by atoms with van der Waals surface area (Å²) in [5.74, 6) is -0.639. The van der Waals surface area contributed by atoms with Crippen LogP contribution in [0, 0.1) is 11.3 Å². The fourth-order valence-electron chi connectivity index (χ4n) is 2.75. The second kappa shape index (κ2) is 8.29. The average Bonchev–Trinajstić information content (AvgIpc) is 3.37. The van der Waals surface area contributed by atoms with Crippen LogP contribution in [0.15, 0.2) is 36.5 Å². The minimum atomic E-state index is -1.83. The molecule has 3 N–H and O–H groups in total. The van der Waals surface area contributed by atoms with E-state index in [9.17, 15) is 9.90 Å². The molecule has 2 unspecified atom stereocenters. The molecule has 0 bridgehead atoms. The SMILES string of the molecule is [B]C(C)(NC(=O)c1cc(C(C)O)[nH]n1)C([B])([B])n1ccc(-c2ccc(C#N)c(Cl)c2)n1. The van der Waals surface area contributed by atoms with Gasteiger partial charge >= 0.3 is 0 Å². The summed E-state index contributed by atoms with van der Waals surface area (Å²) >= 11 is 6.09. The van der Waals surface area contributed by atoms with Crippen molar-refractivity contribution in [3.05, 3.63) is 58.5 Å². The smallest absolute Gasteiger partial charge is 0.271 e. The highest BCUT2D eigenvalue weighted by molar-refractivity contribution is 6.43. The Morgan fingerprint density at radius 2 is 2.06 bits per heavy atom. The van der Waals surface area contributed by atoms with Crippen LogP contribution >= 0.6 is 11.6 Å². The highest BCUT2D eigenvalue weighted by Crippen LogP contribution is 2.27. The number of hydrogen-bond donors (Lipinski definition) is 3. The normalized spacial score (nSPS) is 14.4. The van der Waals surface area contributed by atoms with E-state index in [0.717, 1.165) is 0 Å². The van der Waals surface area contributed by atoms with Crippen molar-refractivity contribution in [3.63, 3.8) is 0 Å². The topological polar surface area (TPSA) is 120 Å². The van der Waals surface area contributed by atoms with E-state index in [2.05, 4.69) is 20.6 Å². The predicted molar refractivity (Wildman–Crippen MR) is 118 cm³/mol. The molecule has 1 amide bonds. The van der Waals surface area contributed by atoms with Gasteiger partial charge < -0.3 is 10.4 Å². The number of aromatic amines is 1. The molecule has 2 heterocycles. The third kappa shape index (κ3) is 4.41. The van der Waals surface area contributed by atoms with Gasteiger partial charge in [0.2, 0.25) is 0 Å². The number of H-pyrrole nitrogens is 1. The maximum atomic E-state index is 12.6. The Morgan fingerprint density at radius 1 is 1.35 bits per heavy atom. The fourth-order valence-corrected chi connectivity index (χ4v) is 2.98. The van der Waals surface area contributed by atoms with Crippen molar-refractivity contribution >= 4 is 41.0 Å². The van der Waals surface area contributed by atoms with Gasteiger partial charge in [-0.25, -0.2) is 0 Å². The lowest BCUT2D eigenvalue weighted by molar-refractivity contribution is 0.0912. The Balaban J connectivity index is 1.83. The summed E-state index contributed by atoms with van der Waals surface area (Å²) in [6.45, 7) is 2.97. The second-order valence-electron chi connectivity index (χ2n) is 7.32. The first-order chi connectivity index (χ1) is 14.5. The van der Waals surface area contributed by atoms with Gasteiger partial charge in [-0.2, -0.15) is 15.5 Å². The minimum absolute atomic E-state index is 0.0109. The van der Waals surface area contributed by atoms with E-state index in [1.54, 1.807) is 24.3 Å². The maximum absolute atomic E-state index is 12.6. The fraction of sp³-hybridized carbons (Fsp3) is 0.263. The molecule has 0 aliphatic heterocycles. The molecule has 2 aromatic heterocycles. The van der Waals surface area contributed by atoms with Crippen LogP contribution in [0.1, 0.15) is 41.7 Å². The van der Waals surface area contributed by atoms with Crippen LogP contribution in [-0.4, -0.2) is 60.0 Å². The molecule has 2 atom stereocenters. The van der Waals surface area contributed by atoms with Crippen LogP contribution in [-0.2, 0) is 5.34 Å². The third-order valence-electron chi connectivity index (χ3n) is 4.84. The molecule has 1 aromatic carbocycles. The van der Waals surface area contributed by atoms with E-state index in [-0.39, 0.29) is 10.7 Å². The van der Waals surface area contributed by atoms with Gasteiger partial charge in [-0.3, -0.25) is 14.6 Å². The number of rotatable bonds is 6. The first-order valence-corrected chi connectivity index (χ1v) is 9.52. The summed E-state index contributed by atoms with van der Waals surface area (Å²) in [5.41, 5.74) is 0.196. The van der Waals surface area contributed by atoms with Crippen molar-refractivity contribution in [1.82, 2.24) is 25.3 Å². The van der Waals surface area contributed by atoms with Crippen molar-refractivity contribution in [3.8, 4) is 17.3 Å². The molecule has 3 aromatic rings. The number of aliphatic hydroxyl groups excluding tert-OH is 1. The maximum Gasteiger partial charge on any atom is 0.271 e. The van der Waals surface area contributed by atoms with Gasteiger partial charge in [0.1, 0.15) is 19.6 Å². The van der Waals surface area contributed by atoms with E-state index < -0.39 is 22.8 Å². The Labute approximate surface area is 188 Å². The Hall–Kier alpha value is -2.96. The number of benzene rings is 1. The number of carbonyl (C=O) groups is 1. The number of hydrogen-bond acceptors (Lipinski definition) is 5. The third-order valence-corrected chi connectivity index (χ3v) is 5.15. The second-order valence-corrected chi connectivity index (χ2v) is 7.73. The van der Waals surface area contributed by atoms with Gasteiger partial charge in [0.15, 0.2) is 0 Å². The lowest BCUT2D eigenvalue weighted by atomic mass is 9.45. The Morgan fingerprint density at radius 3 is 2.65 bits per heavy atom. The Bertz CT molecular complexity index is 1170. The molecule has 0 aliphatic rings. The summed E-state index contributed by atoms with van der Waals surface area (Å²) in [4.78, 5) is 12.6. The first-order valence-electron chi connectivity index (χ1n) is 9.15. The zero-order chi connectivity index (χ0) is 23.0. The monoisotopic (exact) mass is 428 g/mol. The van der Waals surface area contributed by atoms with Crippen molar-refractivity contribution in [2.45, 2.75) is 30.7 Å². The summed E-state index contributed by atoms with van der Waals surface area (Å²) in [6.07, 6.45) is 0.693. The van der Waals surface area contributed by atoms with Gasteiger partial charge in [-0.15, -0.1) is 0 Å². The molecule has 0 spiro atoms. The van der Waals surface area contributed by atoms with Crippen LogP contribution in [0.3, 0.4) is 0 Å². The minimum Gasteiger partial charge on any atom is -0.387 e. The predicted octanol–water partition coefficient (Wildman–Crippen LogP) is 1.11. The van der Waals surface area contributed by atoms with Crippen molar-refractivity contribution in [1.29, 1.82) is 5.26 Å². The van der Waals surface area contributed by atoms with Gasteiger partial charge in [0, 0.05) is 17.2 Å². The Kier molecular flexibility index (Phi) is 6.08. The molecule has 31 heavy (non-hydrogen) atoms. The van der Waals surface area contributed by atoms with E-state index >= 15 is 0 Å². The summed E-state index contributed by atoms with van der Waals surface area (Å²) < 4.78 is 1.22. The molecule has 0 saturated heterocycles. The highest BCUT2D eigenvalue weighted by atomic mass is 35.5.